The summed E-state index contributed by atoms with van der Waals surface area (Å²) in [5.41, 5.74) is 14.5. The minimum Gasteiger partial charge on any atom is -0.313 e. The number of benzene rings is 6. The molecule has 0 bridgehead atoms. The molecule has 0 radical (unpaired) electrons. The van der Waals surface area contributed by atoms with Gasteiger partial charge >= 0.3 is 0 Å². The van der Waals surface area contributed by atoms with Crippen LogP contribution in [0, 0.1) is 5.92 Å². The Morgan fingerprint density at radius 3 is 2.08 bits per heavy atom. The second-order valence-electron chi connectivity index (χ2n) is 15.1. The first-order valence-electron chi connectivity index (χ1n) is 18.3. The van der Waals surface area contributed by atoms with Crippen molar-refractivity contribution in [2.24, 2.45) is 5.92 Å². The summed E-state index contributed by atoms with van der Waals surface area (Å²) < 4.78 is 17.9. The van der Waals surface area contributed by atoms with E-state index in [0.29, 0.717) is 0 Å². The lowest BCUT2D eigenvalue weighted by Gasteiger charge is -2.38. The van der Waals surface area contributed by atoms with Crippen LogP contribution in [0.25, 0.3) is 44.5 Å². The van der Waals surface area contributed by atoms with Crippen LogP contribution >= 0.6 is 7.14 Å². The molecule has 0 saturated carbocycles. The summed E-state index contributed by atoms with van der Waals surface area (Å²) in [6.45, 7) is 7.02. The molecule has 1 aromatic heterocycles. The van der Waals surface area contributed by atoms with Gasteiger partial charge in [0.1, 0.15) is 13.0 Å². The molecule has 1 aliphatic heterocycles. The van der Waals surface area contributed by atoms with E-state index in [1.807, 2.05) is 60.7 Å². The molecule has 52 heavy (non-hydrogen) atoms. The van der Waals surface area contributed by atoms with E-state index in [1.54, 1.807) is 0 Å². The standard InChI is InChI=1S/C48H39N2OP/c1-31-45(52(51,35-14-6-4-7-15-35)36-16-8-5-9-17-36)27-26-40-38-25-23-33(29-41(38)48(2,3)47(31)40)32-22-24-37-34(28-32)30-46-49-42-19-11-13-21-44(42)50(46)43-20-12-10-18-39(37)43/h4-29,31,45H,30H2,1-3H3/t31?,45-/m1/s1. The average Bonchev–Trinajstić information content (AvgIpc) is 3.61. The summed E-state index contributed by atoms with van der Waals surface area (Å²) in [5.74, 6) is 1.15. The third-order valence-electron chi connectivity index (χ3n) is 11.9. The van der Waals surface area contributed by atoms with E-state index >= 15 is 4.57 Å². The quantitative estimate of drug-likeness (QED) is 0.172. The van der Waals surface area contributed by atoms with Crippen LogP contribution in [0.4, 0.5) is 0 Å². The number of rotatable bonds is 4. The highest BCUT2D eigenvalue weighted by atomic mass is 31.2. The van der Waals surface area contributed by atoms with Crippen LogP contribution < -0.4 is 10.6 Å². The number of fused-ring (bicyclic) bond motifs is 9. The van der Waals surface area contributed by atoms with Crippen molar-refractivity contribution in [2.75, 3.05) is 0 Å². The first kappa shape index (κ1) is 31.3. The number of imidazole rings is 1. The third kappa shape index (κ3) is 4.45. The lowest BCUT2D eigenvalue weighted by molar-refractivity contribution is 0.518. The first-order valence-corrected chi connectivity index (χ1v) is 20.1. The fourth-order valence-corrected chi connectivity index (χ4v) is 12.9. The minimum absolute atomic E-state index is 0.0870. The zero-order valence-corrected chi connectivity index (χ0v) is 30.5. The second kappa shape index (κ2) is 11.5. The van der Waals surface area contributed by atoms with Crippen LogP contribution in [0.2, 0.25) is 0 Å². The van der Waals surface area contributed by atoms with Gasteiger partial charge in [0.05, 0.1) is 16.7 Å². The fourth-order valence-electron chi connectivity index (χ4n) is 9.57. The highest BCUT2D eigenvalue weighted by molar-refractivity contribution is 7.79. The first-order chi connectivity index (χ1) is 25.3. The molecule has 4 heteroatoms. The van der Waals surface area contributed by atoms with Crippen molar-refractivity contribution in [1.29, 1.82) is 0 Å². The van der Waals surface area contributed by atoms with E-state index in [1.165, 1.54) is 55.8 Å². The molecule has 1 unspecified atom stereocenters. The van der Waals surface area contributed by atoms with Gasteiger partial charge in [-0.3, -0.25) is 4.57 Å². The molecular formula is C48H39N2OP. The van der Waals surface area contributed by atoms with Crippen molar-refractivity contribution in [3.05, 3.63) is 186 Å². The van der Waals surface area contributed by atoms with E-state index in [2.05, 4.69) is 122 Å². The van der Waals surface area contributed by atoms with Gasteiger partial charge < -0.3 is 4.57 Å². The molecule has 0 spiro atoms. The van der Waals surface area contributed by atoms with Crippen LogP contribution in [0.1, 0.15) is 43.3 Å². The normalized spacial score (nSPS) is 18.3. The Morgan fingerprint density at radius 1 is 0.692 bits per heavy atom. The number of hydrogen-bond donors (Lipinski definition) is 0. The summed E-state index contributed by atoms with van der Waals surface area (Å²) in [6, 6.07) is 51.4. The molecule has 3 nitrogen and oxygen atoms in total. The van der Waals surface area contributed by atoms with Crippen LogP contribution in [0.3, 0.4) is 0 Å². The Morgan fingerprint density at radius 2 is 1.33 bits per heavy atom. The minimum atomic E-state index is -3.01. The summed E-state index contributed by atoms with van der Waals surface area (Å²) in [4.78, 5) is 5.12. The van der Waals surface area contributed by atoms with Crippen molar-refractivity contribution in [2.45, 2.75) is 38.3 Å². The van der Waals surface area contributed by atoms with Crippen molar-refractivity contribution >= 4 is 34.4 Å². The van der Waals surface area contributed by atoms with E-state index in [0.717, 1.165) is 33.9 Å². The summed E-state index contributed by atoms with van der Waals surface area (Å²) in [7, 11) is -3.01. The molecule has 0 saturated heterocycles. The monoisotopic (exact) mass is 690 g/mol. The Balaban J connectivity index is 1.04. The van der Waals surface area contributed by atoms with Gasteiger partial charge in [-0.2, -0.15) is 0 Å². The van der Waals surface area contributed by atoms with Gasteiger partial charge in [0.25, 0.3) is 0 Å². The zero-order valence-electron chi connectivity index (χ0n) is 29.6. The average molecular weight is 691 g/mol. The van der Waals surface area contributed by atoms with Gasteiger partial charge in [-0.05, 0) is 74.7 Å². The molecule has 10 rings (SSSR count). The van der Waals surface area contributed by atoms with Gasteiger partial charge in [0.15, 0.2) is 0 Å². The topological polar surface area (TPSA) is 34.9 Å². The summed E-state index contributed by atoms with van der Waals surface area (Å²) >= 11 is 0. The summed E-state index contributed by atoms with van der Waals surface area (Å²) in [6.07, 6.45) is 5.28. The summed E-state index contributed by atoms with van der Waals surface area (Å²) in [5, 5.41) is 1.84. The fraction of sp³-hybridized carbons (Fsp3) is 0.146. The molecule has 2 atom stereocenters. The maximum absolute atomic E-state index is 15.6. The van der Waals surface area contributed by atoms with Gasteiger partial charge in [-0.25, -0.2) is 4.98 Å². The van der Waals surface area contributed by atoms with Crippen molar-refractivity contribution in [3.63, 3.8) is 0 Å². The molecule has 6 aromatic carbocycles. The van der Waals surface area contributed by atoms with Crippen LogP contribution in [-0.4, -0.2) is 15.2 Å². The van der Waals surface area contributed by atoms with Crippen molar-refractivity contribution in [3.8, 4) is 27.9 Å². The number of aromatic nitrogens is 2. The number of allylic oxidation sites excluding steroid dienone is 4. The predicted octanol–water partition coefficient (Wildman–Crippen LogP) is 10.9. The molecule has 0 N–H and O–H groups in total. The Kier molecular flexibility index (Phi) is 6.91. The number of nitrogens with zero attached hydrogens (tertiary/aromatic N) is 2. The number of para-hydroxylation sites is 3. The van der Waals surface area contributed by atoms with Gasteiger partial charge in [0.2, 0.25) is 0 Å². The van der Waals surface area contributed by atoms with E-state index in [9.17, 15) is 0 Å². The van der Waals surface area contributed by atoms with Gasteiger partial charge in [0, 0.05) is 33.7 Å². The molecule has 2 heterocycles. The van der Waals surface area contributed by atoms with Gasteiger partial charge in [-0.15, -0.1) is 0 Å². The van der Waals surface area contributed by atoms with Crippen LogP contribution in [-0.2, 0) is 16.4 Å². The van der Waals surface area contributed by atoms with Gasteiger partial charge in [-0.1, -0.05) is 154 Å². The highest BCUT2D eigenvalue weighted by Crippen LogP contribution is 2.60. The Hall–Kier alpha value is -5.50. The second-order valence-corrected chi connectivity index (χ2v) is 18.0. The van der Waals surface area contributed by atoms with E-state index < -0.39 is 7.14 Å². The third-order valence-corrected chi connectivity index (χ3v) is 15.5. The zero-order chi connectivity index (χ0) is 35.2. The number of hydrogen-bond acceptors (Lipinski definition) is 2. The SMILES string of the molecule is CC1C2=C(C=C[C@H]1P(=O)(c1ccccc1)c1ccccc1)c1ccc(-c3ccc4c(c3)Cc3nc5ccccc5n3-c3ccccc3-4)cc1C2(C)C. The Bertz CT molecular complexity index is 2640. The molecule has 0 amide bonds. The van der Waals surface area contributed by atoms with Crippen molar-refractivity contribution in [1.82, 2.24) is 9.55 Å². The maximum Gasteiger partial charge on any atom is 0.150 e. The highest BCUT2D eigenvalue weighted by Gasteiger charge is 2.48. The molecular weight excluding hydrogens is 652 g/mol. The molecule has 7 aromatic rings. The predicted molar refractivity (Wildman–Crippen MR) is 217 cm³/mol. The molecule has 0 fully saturated rings. The van der Waals surface area contributed by atoms with Crippen LogP contribution in [0.15, 0.2) is 163 Å². The lowest BCUT2D eigenvalue weighted by Crippen LogP contribution is -2.34. The molecule has 2 aliphatic carbocycles. The Labute approximate surface area is 305 Å². The largest absolute Gasteiger partial charge is 0.313 e. The van der Waals surface area contributed by atoms with Crippen LogP contribution in [0.5, 0.6) is 0 Å². The van der Waals surface area contributed by atoms with E-state index in [-0.39, 0.29) is 17.0 Å². The lowest BCUT2D eigenvalue weighted by atomic mass is 9.73. The molecule has 252 valence electrons. The smallest absolute Gasteiger partial charge is 0.150 e. The molecule has 3 aliphatic rings. The van der Waals surface area contributed by atoms with E-state index in [4.69, 9.17) is 4.98 Å². The van der Waals surface area contributed by atoms with Crippen molar-refractivity contribution < 1.29 is 4.57 Å². The maximum atomic E-state index is 15.6.